The van der Waals surface area contributed by atoms with Gasteiger partial charge < -0.3 is 4.90 Å². The maximum Gasteiger partial charge on any atom is 0.433 e. The predicted octanol–water partition coefficient (Wildman–Crippen LogP) is 5.05. The van der Waals surface area contributed by atoms with Crippen molar-refractivity contribution in [2.45, 2.75) is 32.0 Å². The van der Waals surface area contributed by atoms with Gasteiger partial charge in [0, 0.05) is 17.1 Å². The average Bonchev–Trinajstić information content (AvgIpc) is 2.97. The molecule has 2 aromatic rings. The molecule has 0 aliphatic carbocycles. The molecule has 1 saturated heterocycles. The van der Waals surface area contributed by atoms with Gasteiger partial charge in [0.2, 0.25) is 0 Å². The Hall–Kier alpha value is -2.61. The molecule has 3 rings (SSSR count). The summed E-state index contributed by atoms with van der Waals surface area (Å²) in [5, 5.41) is 0.422. The number of aromatic nitrogens is 1. The smallest absolute Gasteiger partial charge is 0.312 e. The molecule has 1 aromatic carbocycles. The number of Topliss-reactive ketones (excluding diaryl/α,β-unsaturated/α-hetero) is 1. The number of hydrogen-bond acceptors (Lipinski definition) is 3. The van der Waals surface area contributed by atoms with Gasteiger partial charge in [0.1, 0.15) is 5.69 Å². The van der Waals surface area contributed by atoms with Crippen molar-refractivity contribution < 1.29 is 22.8 Å². The second-order valence-corrected chi connectivity index (χ2v) is 7.23. The van der Waals surface area contributed by atoms with Crippen LogP contribution in [0.2, 0.25) is 5.02 Å². The quantitative estimate of drug-likeness (QED) is 0.609. The van der Waals surface area contributed by atoms with Crippen LogP contribution in [0.1, 0.15) is 35.8 Å². The Kier molecular flexibility index (Phi) is 6.12. The minimum absolute atomic E-state index is 0.131. The number of carbonyl (C=O) groups is 2. The van der Waals surface area contributed by atoms with Crippen LogP contribution in [-0.2, 0) is 6.18 Å². The topological polar surface area (TPSA) is 53.5 Å². The molecule has 1 atom stereocenters. The summed E-state index contributed by atoms with van der Waals surface area (Å²) in [5.74, 6) is -0.255. The minimum atomic E-state index is -4.55. The third-order valence-electron chi connectivity index (χ3n) is 4.74. The van der Waals surface area contributed by atoms with Crippen LogP contribution in [0, 0.1) is 0 Å². The molecular weight excluding hydrogens is 407 g/mol. The second kappa shape index (κ2) is 8.41. The first-order chi connectivity index (χ1) is 13.7. The number of rotatable bonds is 6. The summed E-state index contributed by atoms with van der Waals surface area (Å²) >= 11 is 5.93. The van der Waals surface area contributed by atoms with Crippen LogP contribution < -0.4 is 4.90 Å². The van der Waals surface area contributed by atoms with E-state index in [2.05, 4.69) is 4.98 Å². The molecule has 1 aliphatic rings. The number of urea groups is 1. The third-order valence-corrected chi connectivity index (χ3v) is 4.98. The molecule has 2 amide bonds. The summed E-state index contributed by atoms with van der Waals surface area (Å²) < 4.78 is 38.2. The second-order valence-electron chi connectivity index (χ2n) is 6.80. The largest absolute Gasteiger partial charge is 0.433 e. The zero-order valence-electron chi connectivity index (χ0n) is 15.6. The summed E-state index contributed by atoms with van der Waals surface area (Å²) in [4.78, 5) is 31.8. The molecule has 1 aromatic heterocycles. The fourth-order valence-corrected chi connectivity index (χ4v) is 3.50. The van der Waals surface area contributed by atoms with Crippen LogP contribution >= 0.6 is 11.6 Å². The number of alkyl halides is 3. The van der Waals surface area contributed by atoms with E-state index >= 15 is 0 Å². The van der Waals surface area contributed by atoms with E-state index in [9.17, 15) is 22.8 Å². The van der Waals surface area contributed by atoms with Crippen molar-refractivity contribution in [1.82, 2.24) is 9.88 Å². The number of nitrogens with zero attached hydrogens (tertiary/aromatic N) is 3. The Bertz CT molecular complexity index is 903. The lowest BCUT2D eigenvalue weighted by Gasteiger charge is -2.22. The van der Waals surface area contributed by atoms with E-state index in [0.717, 1.165) is 18.7 Å². The summed E-state index contributed by atoms with van der Waals surface area (Å²) in [6, 6.07) is 7.89. The minimum Gasteiger partial charge on any atom is -0.312 e. The van der Waals surface area contributed by atoms with Crippen LogP contribution in [-0.4, -0.2) is 40.8 Å². The van der Waals surface area contributed by atoms with E-state index in [0.29, 0.717) is 17.0 Å². The molecule has 9 heteroatoms. The van der Waals surface area contributed by atoms with Crippen molar-refractivity contribution in [2.24, 2.45) is 0 Å². The Morgan fingerprint density at radius 1 is 1.28 bits per heavy atom. The average molecular weight is 426 g/mol. The summed E-state index contributed by atoms with van der Waals surface area (Å²) in [5.41, 5.74) is -0.358. The Labute approximate surface area is 171 Å². The first-order valence-electron chi connectivity index (χ1n) is 9.11. The third kappa shape index (κ3) is 4.70. The molecule has 154 valence electrons. The van der Waals surface area contributed by atoms with E-state index in [1.54, 1.807) is 18.2 Å². The number of benzene rings is 1. The standard InChI is InChI=1S/C20H19ClF3N3O2/c1-2-4-16-11-26(15-7-8-18(25-10-15)20(22,23)24)19(29)27(16)12-17(28)13-5-3-6-14(21)9-13/h3,5-10,16H,2,4,11-12H2,1H3/t16-/m0/s1. The van der Waals surface area contributed by atoms with Crippen LogP contribution in [0.3, 0.4) is 0 Å². The number of anilines is 1. The van der Waals surface area contributed by atoms with Gasteiger partial charge in [-0.05, 0) is 30.7 Å². The molecule has 0 unspecified atom stereocenters. The van der Waals surface area contributed by atoms with Crippen molar-refractivity contribution in [3.8, 4) is 0 Å². The van der Waals surface area contributed by atoms with E-state index in [1.165, 1.54) is 21.9 Å². The molecule has 0 N–H and O–H groups in total. The van der Waals surface area contributed by atoms with E-state index in [4.69, 9.17) is 11.6 Å². The zero-order chi connectivity index (χ0) is 21.2. The van der Waals surface area contributed by atoms with Crippen molar-refractivity contribution in [3.63, 3.8) is 0 Å². The first kappa shape index (κ1) is 21.1. The lowest BCUT2D eigenvalue weighted by molar-refractivity contribution is -0.141. The first-order valence-corrected chi connectivity index (χ1v) is 9.48. The van der Waals surface area contributed by atoms with Gasteiger partial charge in [0.25, 0.3) is 0 Å². The van der Waals surface area contributed by atoms with Gasteiger partial charge in [-0.1, -0.05) is 37.1 Å². The monoisotopic (exact) mass is 425 g/mol. The normalized spacial score (nSPS) is 17.1. The highest BCUT2D eigenvalue weighted by atomic mass is 35.5. The van der Waals surface area contributed by atoms with Crippen molar-refractivity contribution in [2.75, 3.05) is 18.0 Å². The van der Waals surface area contributed by atoms with E-state index in [1.807, 2.05) is 6.92 Å². The number of halogens is 4. The fraction of sp³-hybridized carbons (Fsp3) is 0.350. The maximum atomic E-state index is 12.9. The number of ketones is 1. The number of pyridine rings is 1. The highest BCUT2D eigenvalue weighted by molar-refractivity contribution is 6.31. The molecule has 1 aliphatic heterocycles. The Morgan fingerprint density at radius 3 is 2.62 bits per heavy atom. The Morgan fingerprint density at radius 2 is 2.03 bits per heavy atom. The van der Waals surface area contributed by atoms with Gasteiger partial charge in [-0.25, -0.2) is 9.78 Å². The van der Waals surface area contributed by atoms with Gasteiger partial charge in [-0.15, -0.1) is 0 Å². The lowest BCUT2D eigenvalue weighted by Crippen LogP contribution is -2.39. The Balaban J connectivity index is 1.80. The number of carbonyl (C=O) groups excluding carboxylic acids is 2. The SMILES string of the molecule is CCC[C@H]1CN(c2ccc(C(F)(F)F)nc2)C(=O)N1CC(=O)c1cccc(Cl)c1. The molecule has 0 saturated carbocycles. The van der Waals surface area contributed by atoms with Crippen LogP contribution in [0.5, 0.6) is 0 Å². The summed E-state index contributed by atoms with van der Waals surface area (Å²) in [6.07, 6.45) is -2.06. The molecule has 1 fully saturated rings. The molecule has 0 bridgehead atoms. The number of amides is 2. The van der Waals surface area contributed by atoms with Crippen molar-refractivity contribution >= 4 is 29.1 Å². The van der Waals surface area contributed by atoms with E-state index in [-0.39, 0.29) is 30.6 Å². The molecular formula is C20H19ClF3N3O2. The van der Waals surface area contributed by atoms with Gasteiger partial charge in [0.15, 0.2) is 5.78 Å². The maximum absolute atomic E-state index is 12.9. The van der Waals surface area contributed by atoms with Gasteiger partial charge in [-0.3, -0.25) is 9.69 Å². The molecule has 29 heavy (non-hydrogen) atoms. The van der Waals surface area contributed by atoms with Gasteiger partial charge in [0.05, 0.1) is 24.5 Å². The predicted molar refractivity (Wildman–Crippen MR) is 103 cm³/mol. The van der Waals surface area contributed by atoms with Gasteiger partial charge >= 0.3 is 12.2 Å². The molecule has 2 heterocycles. The van der Waals surface area contributed by atoms with Gasteiger partial charge in [-0.2, -0.15) is 13.2 Å². The van der Waals surface area contributed by atoms with Crippen LogP contribution in [0.15, 0.2) is 42.6 Å². The highest BCUT2D eigenvalue weighted by Gasteiger charge is 2.39. The summed E-state index contributed by atoms with van der Waals surface area (Å²) in [7, 11) is 0. The zero-order valence-corrected chi connectivity index (χ0v) is 16.4. The molecule has 0 spiro atoms. The molecule has 5 nitrogen and oxygen atoms in total. The van der Waals surface area contributed by atoms with Crippen LogP contribution in [0.4, 0.5) is 23.7 Å². The number of hydrogen-bond donors (Lipinski definition) is 0. The summed E-state index contributed by atoms with van der Waals surface area (Å²) in [6.45, 7) is 2.11. The fourth-order valence-electron chi connectivity index (χ4n) is 3.31. The van der Waals surface area contributed by atoms with E-state index < -0.39 is 17.9 Å². The van der Waals surface area contributed by atoms with Crippen molar-refractivity contribution in [1.29, 1.82) is 0 Å². The highest BCUT2D eigenvalue weighted by Crippen LogP contribution is 2.30. The molecule has 0 radical (unpaired) electrons. The van der Waals surface area contributed by atoms with Crippen LogP contribution in [0.25, 0.3) is 0 Å². The lowest BCUT2D eigenvalue weighted by atomic mass is 10.1. The van der Waals surface area contributed by atoms with Crippen molar-refractivity contribution in [3.05, 3.63) is 58.9 Å².